The molecule has 1 aromatic heterocycles. The van der Waals surface area contributed by atoms with Crippen LogP contribution in [0.4, 0.5) is 0 Å². The van der Waals surface area contributed by atoms with E-state index in [-0.39, 0.29) is 12.1 Å². The van der Waals surface area contributed by atoms with Crippen LogP contribution in [-0.4, -0.2) is 19.8 Å². The molecule has 1 aliphatic heterocycles. The molecule has 0 saturated carbocycles. The summed E-state index contributed by atoms with van der Waals surface area (Å²) >= 11 is 0. The molecular weight excluding hydrogens is 238 g/mol. The van der Waals surface area contributed by atoms with Crippen LogP contribution in [0.25, 0.3) is 11.0 Å². The van der Waals surface area contributed by atoms with Gasteiger partial charge in [0, 0.05) is 17.9 Å². The van der Waals surface area contributed by atoms with Gasteiger partial charge in [0.1, 0.15) is 11.3 Å². The maximum Gasteiger partial charge on any atom is 0.134 e. The largest absolute Gasteiger partial charge is 0.459 e. The van der Waals surface area contributed by atoms with Crippen molar-refractivity contribution >= 4 is 11.0 Å². The van der Waals surface area contributed by atoms with E-state index >= 15 is 0 Å². The lowest BCUT2D eigenvalue weighted by Crippen LogP contribution is -2.29. The second-order valence-corrected chi connectivity index (χ2v) is 5.48. The first-order valence-corrected chi connectivity index (χ1v) is 6.98. The highest BCUT2D eigenvalue weighted by molar-refractivity contribution is 5.78. The summed E-state index contributed by atoms with van der Waals surface area (Å²) in [5.74, 6) is 1.50. The highest BCUT2D eigenvalue weighted by Crippen LogP contribution is 2.35. The minimum Gasteiger partial charge on any atom is -0.459 e. The normalized spacial score (nSPS) is 25.0. The van der Waals surface area contributed by atoms with Gasteiger partial charge < -0.3 is 14.5 Å². The summed E-state index contributed by atoms with van der Waals surface area (Å²) in [6, 6.07) is 8.70. The van der Waals surface area contributed by atoms with E-state index < -0.39 is 0 Å². The molecule has 1 fully saturated rings. The number of ether oxygens (including phenoxy) is 1. The SMILES string of the molecule is CNC(c1cc2cc(C)ccc2o1)C1CCOC1C. The van der Waals surface area contributed by atoms with Gasteiger partial charge in [-0.2, -0.15) is 0 Å². The predicted octanol–water partition coefficient (Wildman–Crippen LogP) is 3.43. The Kier molecular flexibility index (Phi) is 3.33. The van der Waals surface area contributed by atoms with Crippen molar-refractivity contribution in [2.45, 2.75) is 32.4 Å². The lowest BCUT2D eigenvalue weighted by atomic mass is 9.92. The number of fused-ring (bicyclic) bond motifs is 1. The van der Waals surface area contributed by atoms with Gasteiger partial charge in [0.25, 0.3) is 0 Å². The Balaban J connectivity index is 1.96. The Morgan fingerprint density at radius 3 is 2.84 bits per heavy atom. The molecule has 0 bridgehead atoms. The third-order valence-electron chi connectivity index (χ3n) is 4.17. The van der Waals surface area contributed by atoms with Gasteiger partial charge in [-0.1, -0.05) is 11.6 Å². The van der Waals surface area contributed by atoms with Gasteiger partial charge in [0.2, 0.25) is 0 Å². The second-order valence-electron chi connectivity index (χ2n) is 5.48. The van der Waals surface area contributed by atoms with Gasteiger partial charge in [-0.05, 0) is 45.5 Å². The molecule has 1 aromatic carbocycles. The fourth-order valence-corrected chi connectivity index (χ4v) is 3.09. The Morgan fingerprint density at radius 2 is 2.16 bits per heavy atom. The molecule has 19 heavy (non-hydrogen) atoms. The number of hydrogen-bond acceptors (Lipinski definition) is 3. The third kappa shape index (κ3) is 2.28. The standard InChI is InChI=1S/C16H21NO2/c1-10-4-5-14-12(8-10)9-15(19-14)16(17-3)13-6-7-18-11(13)2/h4-5,8-9,11,13,16-17H,6-7H2,1-3H3. The molecule has 3 unspecified atom stereocenters. The van der Waals surface area contributed by atoms with Crippen LogP contribution < -0.4 is 5.32 Å². The average molecular weight is 259 g/mol. The molecule has 0 radical (unpaired) electrons. The van der Waals surface area contributed by atoms with Crippen LogP contribution in [0.15, 0.2) is 28.7 Å². The number of hydrogen-bond donors (Lipinski definition) is 1. The fourth-order valence-electron chi connectivity index (χ4n) is 3.09. The number of nitrogens with one attached hydrogen (secondary N) is 1. The van der Waals surface area contributed by atoms with E-state index in [2.05, 4.69) is 43.4 Å². The van der Waals surface area contributed by atoms with Crippen molar-refractivity contribution in [2.75, 3.05) is 13.7 Å². The first-order valence-electron chi connectivity index (χ1n) is 6.98. The summed E-state index contributed by atoms with van der Waals surface area (Å²) in [5, 5.41) is 4.57. The first kappa shape index (κ1) is 12.7. The molecule has 0 amide bonds. The number of furan rings is 1. The zero-order valence-electron chi connectivity index (χ0n) is 11.8. The van der Waals surface area contributed by atoms with Crippen molar-refractivity contribution in [3.8, 4) is 0 Å². The van der Waals surface area contributed by atoms with Crippen LogP contribution in [0, 0.1) is 12.8 Å². The van der Waals surface area contributed by atoms with E-state index in [0.717, 1.165) is 24.4 Å². The van der Waals surface area contributed by atoms with Crippen LogP contribution in [0.1, 0.15) is 30.7 Å². The molecule has 0 aliphatic carbocycles. The molecule has 1 aliphatic rings. The Bertz CT molecular complexity index is 575. The van der Waals surface area contributed by atoms with E-state index in [1.807, 2.05) is 7.05 Å². The van der Waals surface area contributed by atoms with Crippen molar-refractivity contribution in [2.24, 2.45) is 5.92 Å². The Labute approximate surface area is 113 Å². The van der Waals surface area contributed by atoms with E-state index in [9.17, 15) is 0 Å². The van der Waals surface area contributed by atoms with Gasteiger partial charge >= 0.3 is 0 Å². The molecule has 3 atom stereocenters. The zero-order valence-corrected chi connectivity index (χ0v) is 11.8. The summed E-state index contributed by atoms with van der Waals surface area (Å²) in [6.45, 7) is 5.10. The van der Waals surface area contributed by atoms with Crippen LogP contribution >= 0.6 is 0 Å². The smallest absolute Gasteiger partial charge is 0.134 e. The van der Waals surface area contributed by atoms with Crippen LogP contribution in [-0.2, 0) is 4.74 Å². The predicted molar refractivity (Wildman–Crippen MR) is 76.3 cm³/mol. The lowest BCUT2D eigenvalue weighted by Gasteiger charge is -2.23. The van der Waals surface area contributed by atoms with E-state index in [4.69, 9.17) is 9.15 Å². The average Bonchev–Trinajstić information content (AvgIpc) is 2.97. The summed E-state index contributed by atoms with van der Waals surface area (Å²) in [6.07, 6.45) is 1.37. The fraction of sp³-hybridized carbons (Fsp3) is 0.500. The minimum absolute atomic E-state index is 0.227. The van der Waals surface area contributed by atoms with Crippen molar-refractivity contribution in [3.63, 3.8) is 0 Å². The molecule has 3 rings (SSSR count). The second kappa shape index (κ2) is 4.99. The van der Waals surface area contributed by atoms with Gasteiger partial charge in [-0.25, -0.2) is 0 Å². The molecule has 3 heteroatoms. The van der Waals surface area contributed by atoms with Crippen LogP contribution in [0.2, 0.25) is 0 Å². The molecule has 2 aromatic rings. The van der Waals surface area contributed by atoms with Crippen molar-refractivity contribution in [1.29, 1.82) is 0 Å². The van der Waals surface area contributed by atoms with Gasteiger partial charge in [0.05, 0.1) is 12.1 Å². The lowest BCUT2D eigenvalue weighted by molar-refractivity contribution is 0.0938. The summed E-state index contributed by atoms with van der Waals surface area (Å²) in [7, 11) is 1.99. The van der Waals surface area contributed by atoms with Crippen LogP contribution in [0.3, 0.4) is 0 Å². The van der Waals surface area contributed by atoms with Gasteiger partial charge in [0.15, 0.2) is 0 Å². The maximum absolute atomic E-state index is 6.02. The number of benzene rings is 1. The molecule has 0 spiro atoms. The zero-order chi connectivity index (χ0) is 13.4. The van der Waals surface area contributed by atoms with Crippen molar-refractivity contribution < 1.29 is 9.15 Å². The molecule has 1 saturated heterocycles. The van der Waals surface area contributed by atoms with Crippen LogP contribution in [0.5, 0.6) is 0 Å². The monoisotopic (exact) mass is 259 g/mol. The van der Waals surface area contributed by atoms with Gasteiger partial charge in [-0.15, -0.1) is 0 Å². The topological polar surface area (TPSA) is 34.4 Å². The van der Waals surface area contributed by atoms with Crippen molar-refractivity contribution in [3.05, 3.63) is 35.6 Å². The molecule has 1 N–H and O–H groups in total. The number of aryl methyl sites for hydroxylation is 1. The van der Waals surface area contributed by atoms with E-state index in [1.165, 1.54) is 10.9 Å². The minimum atomic E-state index is 0.227. The summed E-state index contributed by atoms with van der Waals surface area (Å²) in [4.78, 5) is 0. The Hall–Kier alpha value is -1.32. The highest BCUT2D eigenvalue weighted by atomic mass is 16.5. The summed E-state index contributed by atoms with van der Waals surface area (Å²) in [5.41, 5.74) is 2.23. The quantitative estimate of drug-likeness (QED) is 0.917. The molecular formula is C16H21NO2. The molecule has 3 nitrogen and oxygen atoms in total. The van der Waals surface area contributed by atoms with E-state index in [1.54, 1.807) is 0 Å². The first-order chi connectivity index (χ1) is 9.19. The molecule has 102 valence electrons. The third-order valence-corrected chi connectivity index (χ3v) is 4.17. The Morgan fingerprint density at radius 1 is 1.32 bits per heavy atom. The van der Waals surface area contributed by atoms with Gasteiger partial charge in [-0.3, -0.25) is 0 Å². The van der Waals surface area contributed by atoms with Crippen molar-refractivity contribution in [1.82, 2.24) is 5.32 Å². The maximum atomic E-state index is 6.02. The summed E-state index contributed by atoms with van der Waals surface area (Å²) < 4.78 is 11.7. The highest BCUT2D eigenvalue weighted by Gasteiger charge is 2.33. The van der Waals surface area contributed by atoms with E-state index in [0.29, 0.717) is 5.92 Å². The molecule has 2 heterocycles. The number of rotatable bonds is 3.